The summed E-state index contributed by atoms with van der Waals surface area (Å²) in [6, 6.07) is 14.8. The Kier molecular flexibility index (Phi) is 6.04. The van der Waals surface area contributed by atoms with Crippen molar-refractivity contribution in [1.29, 1.82) is 0 Å². The molecule has 0 bridgehead atoms. The van der Waals surface area contributed by atoms with E-state index in [1.54, 1.807) is 42.8 Å². The van der Waals surface area contributed by atoms with Crippen molar-refractivity contribution in [2.24, 2.45) is 0 Å². The Bertz CT molecular complexity index is 1020. The minimum Gasteiger partial charge on any atom is -0.269 e. The number of hydroxylamine groups is 1. The number of amides is 1. The van der Waals surface area contributed by atoms with Crippen LogP contribution in [0.1, 0.15) is 38.4 Å². The number of rotatable bonds is 7. The average molecular weight is 394 g/mol. The van der Waals surface area contributed by atoms with E-state index in [9.17, 15) is 14.9 Å². The standard InChI is InChI=1S/C21H22N4O4/c1-14-4-6-18(7-5-14)13-29-23-21(26)19-10-8-17(9-11-19)12-24-16(3)20(25(27)28)15(2)22-24/h4-11H,12-13H2,1-3H3,(H,23,26). The number of nitrogens with zero attached hydrogens (tertiary/aromatic N) is 3. The Morgan fingerprint density at radius 3 is 2.28 bits per heavy atom. The predicted molar refractivity (Wildman–Crippen MR) is 107 cm³/mol. The second-order valence-corrected chi connectivity index (χ2v) is 6.84. The molecule has 150 valence electrons. The number of aryl methyl sites for hydroxylation is 2. The first-order valence-electron chi connectivity index (χ1n) is 9.10. The van der Waals surface area contributed by atoms with Crippen LogP contribution in [-0.2, 0) is 18.0 Å². The number of nitro groups is 1. The van der Waals surface area contributed by atoms with Crippen molar-refractivity contribution >= 4 is 11.6 Å². The molecule has 0 aliphatic carbocycles. The first-order chi connectivity index (χ1) is 13.8. The lowest BCUT2D eigenvalue weighted by Gasteiger charge is -2.08. The summed E-state index contributed by atoms with van der Waals surface area (Å²) >= 11 is 0. The summed E-state index contributed by atoms with van der Waals surface area (Å²) < 4.78 is 1.59. The lowest BCUT2D eigenvalue weighted by Crippen LogP contribution is -2.23. The van der Waals surface area contributed by atoms with Crippen molar-refractivity contribution in [2.75, 3.05) is 0 Å². The summed E-state index contributed by atoms with van der Waals surface area (Å²) in [5.74, 6) is -0.342. The number of hydrogen-bond acceptors (Lipinski definition) is 5. The summed E-state index contributed by atoms with van der Waals surface area (Å²) in [7, 11) is 0. The van der Waals surface area contributed by atoms with Gasteiger partial charge in [-0.1, -0.05) is 42.0 Å². The molecule has 1 amide bonds. The lowest BCUT2D eigenvalue weighted by molar-refractivity contribution is -0.386. The van der Waals surface area contributed by atoms with Crippen molar-refractivity contribution in [3.8, 4) is 0 Å². The van der Waals surface area contributed by atoms with Crippen LogP contribution in [-0.4, -0.2) is 20.6 Å². The van der Waals surface area contributed by atoms with Crippen LogP contribution in [0.15, 0.2) is 48.5 Å². The number of carbonyl (C=O) groups excluding carboxylic acids is 1. The van der Waals surface area contributed by atoms with Gasteiger partial charge in [-0.2, -0.15) is 5.10 Å². The molecule has 29 heavy (non-hydrogen) atoms. The monoisotopic (exact) mass is 394 g/mol. The quantitative estimate of drug-likeness (QED) is 0.487. The van der Waals surface area contributed by atoms with E-state index < -0.39 is 4.92 Å². The number of nitrogens with one attached hydrogen (secondary N) is 1. The molecule has 3 aromatic rings. The second-order valence-electron chi connectivity index (χ2n) is 6.84. The van der Waals surface area contributed by atoms with Gasteiger partial charge in [0.1, 0.15) is 11.4 Å². The normalized spacial score (nSPS) is 10.7. The lowest BCUT2D eigenvalue weighted by atomic mass is 10.1. The fourth-order valence-corrected chi connectivity index (χ4v) is 2.97. The third-order valence-electron chi connectivity index (χ3n) is 4.60. The molecular formula is C21H22N4O4. The Morgan fingerprint density at radius 2 is 1.69 bits per heavy atom. The van der Waals surface area contributed by atoms with Gasteiger partial charge in [-0.15, -0.1) is 0 Å². The molecule has 0 saturated carbocycles. The first kappa shape index (κ1) is 20.2. The van der Waals surface area contributed by atoms with Gasteiger partial charge in [0.2, 0.25) is 0 Å². The van der Waals surface area contributed by atoms with Crippen LogP contribution >= 0.6 is 0 Å². The minimum absolute atomic E-state index is 0.0340. The third kappa shape index (κ3) is 4.85. The van der Waals surface area contributed by atoms with Gasteiger partial charge < -0.3 is 0 Å². The molecule has 0 unspecified atom stereocenters. The molecule has 0 saturated heterocycles. The van der Waals surface area contributed by atoms with Crippen LogP contribution in [0.25, 0.3) is 0 Å². The Hall–Kier alpha value is -3.52. The van der Waals surface area contributed by atoms with Gasteiger partial charge in [0.25, 0.3) is 5.91 Å². The smallest absolute Gasteiger partial charge is 0.269 e. The van der Waals surface area contributed by atoms with Crippen molar-refractivity contribution < 1.29 is 14.6 Å². The SMILES string of the molecule is Cc1ccc(CONC(=O)c2ccc(Cn3nc(C)c([N+](=O)[O-])c3C)cc2)cc1. The molecular weight excluding hydrogens is 372 g/mol. The fourth-order valence-electron chi connectivity index (χ4n) is 2.97. The Labute approximate surface area is 168 Å². The molecule has 0 aliphatic rings. The highest BCUT2D eigenvalue weighted by Gasteiger charge is 2.21. The summed E-state index contributed by atoms with van der Waals surface area (Å²) in [6.07, 6.45) is 0. The van der Waals surface area contributed by atoms with E-state index >= 15 is 0 Å². The minimum atomic E-state index is -0.418. The van der Waals surface area contributed by atoms with Gasteiger partial charge in [-0.25, -0.2) is 5.48 Å². The summed E-state index contributed by atoms with van der Waals surface area (Å²) in [5, 5.41) is 15.4. The topological polar surface area (TPSA) is 99.3 Å². The summed E-state index contributed by atoms with van der Waals surface area (Å²) in [4.78, 5) is 28.2. The molecule has 2 aromatic carbocycles. The van der Waals surface area contributed by atoms with E-state index in [1.165, 1.54) is 0 Å². The molecule has 0 aliphatic heterocycles. The zero-order valence-electron chi connectivity index (χ0n) is 16.5. The first-order valence-corrected chi connectivity index (χ1v) is 9.10. The van der Waals surface area contributed by atoms with E-state index in [0.29, 0.717) is 23.5 Å². The number of benzene rings is 2. The van der Waals surface area contributed by atoms with Gasteiger partial charge in [-0.05, 0) is 44.0 Å². The molecule has 0 fully saturated rings. The van der Waals surface area contributed by atoms with Crippen LogP contribution in [0, 0.1) is 30.9 Å². The van der Waals surface area contributed by atoms with Crippen molar-refractivity contribution in [3.05, 3.63) is 92.3 Å². The molecule has 3 rings (SSSR count). The van der Waals surface area contributed by atoms with Crippen molar-refractivity contribution in [2.45, 2.75) is 33.9 Å². The highest BCUT2D eigenvalue weighted by atomic mass is 16.7. The largest absolute Gasteiger partial charge is 0.312 e. The number of hydrogen-bond donors (Lipinski definition) is 1. The molecule has 0 radical (unpaired) electrons. The zero-order valence-corrected chi connectivity index (χ0v) is 16.5. The molecule has 1 heterocycles. The van der Waals surface area contributed by atoms with Crippen LogP contribution < -0.4 is 5.48 Å². The van der Waals surface area contributed by atoms with Crippen LogP contribution in [0.5, 0.6) is 0 Å². The highest BCUT2D eigenvalue weighted by molar-refractivity contribution is 5.93. The maximum Gasteiger partial charge on any atom is 0.312 e. The van der Waals surface area contributed by atoms with Crippen LogP contribution in [0.3, 0.4) is 0 Å². The van der Waals surface area contributed by atoms with Crippen molar-refractivity contribution in [3.63, 3.8) is 0 Å². The molecule has 8 heteroatoms. The molecule has 1 N–H and O–H groups in total. The van der Waals surface area contributed by atoms with Gasteiger partial charge in [0, 0.05) is 5.56 Å². The van der Waals surface area contributed by atoms with Gasteiger partial charge >= 0.3 is 5.69 Å². The zero-order chi connectivity index (χ0) is 21.0. The van der Waals surface area contributed by atoms with Crippen LogP contribution in [0.2, 0.25) is 0 Å². The van der Waals surface area contributed by atoms with Gasteiger partial charge in [0.05, 0.1) is 18.1 Å². The average Bonchev–Trinajstić information content (AvgIpc) is 2.97. The Morgan fingerprint density at radius 1 is 1.07 bits per heavy atom. The maximum atomic E-state index is 12.2. The predicted octanol–water partition coefficient (Wildman–Crippen LogP) is 3.63. The highest BCUT2D eigenvalue weighted by Crippen LogP contribution is 2.22. The second kappa shape index (κ2) is 8.66. The van der Waals surface area contributed by atoms with Gasteiger partial charge in [0.15, 0.2) is 0 Å². The third-order valence-corrected chi connectivity index (χ3v) is 4.60. The van der Waals surface area contributed by atoms with E-state index in [1.807, 2.05) is 31.2 Å². The van der Waals surface area contributed by atoms with Gasteiger partial charge in [-0.3, -0.25) is 24.4 Å². The van der Waals surface area contributed by atoms with E-state index in [0.717, 1.165) is 16.7 Å². The molecule has 0 spiro atoms. The van der Waals surface area contributed by atoms with E-state index in [-0.39, 0.29) is 18.2 Å². The van der Waals surface area contributed by atoms with E-state index in [2.05, 4.69) is 10.6 Å². The summed E-state index contributed by atoms with van der Waals surface area (Å²) in [6.45, 7) is 5.95. The fraction of sp³-hybridized carbons (Fsp3) is 0.238. The molecule has 1 aromatic heterocycles. The van der Waals surface area contributed by atoms with Crippen LogP contribution in [0.4, 0.5) is 5.69 Å². The van der Waals surface area contributed by atoms with Crippen molar-refractivity contribution in [1.82, 2.24) is 15.3 Å². The number of aromatic nitrogens is 2. The maximum absolute atomic E-state index is 12.2. The van der Waals surface area contributed by atoms with E-state index in [4.69, 9.17) is 4.84 Å². The Balaban J connectivity index is 1.58. The molecule has 8 nitrogen and oxygen atoms in total. The number of carbonyl (C=O) groups is 1. The molecule has 0 atom stereocenters. The summed E-state index contributed by atoms with van der Waals surface area (Å²) in [5.41, 5.74) is 6.80.